The Balaban J connectivity index is 2.27. The van der Waals surface area contributed by atoms with Crippen molar-refractivity contribution >= 4 is 39.2 Å². The number of carbonyl (C=O) groups is 1. The number of benzene rings is 1. The largest absolute Gasteiger partial charge is 0.467 e. The predicted molar refractivity (Wildman–Crippen MR) is 86.8 cm³/mol. The van der Waals surface area contributed by atoms with E-state index in [4.69, 9.17) is 21.1 Å². The normalized spacial score (nSPS) is 25.4. The number of methoxy groups -OCH3 is 2. The van der Waals surface area contributed by atoms with E-state index in [0.29, 0.717) is 11.4 Å². The van der Waals surface area contributed by atoms with Gasteiger partial charge >= 0.3 is 5.97 Å². The first-order chi connectivity index (χ1) is 10.0. The predicted octanol–water partition coefficient (Wildman–Crippen LogP) is 4.02. The highest BCUT2D eigenvalue weighted by Gasteiger charge is 2.44. The highest BCUT2D eigenvalue weighted by atomic mass is 79.9. The van der Waals surface area contributed by atoms with Crippen LogP contribution < -0.4 is 5.32 Å². The second-order valence-corrected chi connectivity index (χ2v) is 6.54. The smallest absolute Gasteiger partial charge is 0.331 e. The average molecular weight is 377 g/mol. The van der Waals surface area contributed by atoms with Gasteiger partial charge in [0, 0.05) is 23.7 Å². The van der Waals surface area contributed by atoms with Crippen molar-refractivity contribution in [3.8, 4) is 0 Å². The van der Waals surface area contributed by atoms with Gasteiger partial charge in [-0.3, -0.25) is 0 Å². The van der Waals surface area contributed by atoms with E-state index in [1.54, 1.807) is 13.2 Å². The summed E-state index contributed by atoms with van der Waals surface area (Å²) in [5, 5.41) is 3.96. The molecule has 1 saturated carbocycles. The Kier molecular flexibility index (Phi) is 5.52. The summed E-state index contributed by atoms with van der Waals surface area (Å²) in [6, 6.07) is 5.51. The van der Waals surface area contributed by atoms with Crippen LogP contribution in [0.5, 0.6) is 0 Å². The van der Waals surface area contributed by atoms with Crippen LogP contribution in [0.3, 0.4) is 0 Å². The molecule has 2 rings (SSSR count). The summed E-state index contributed by atoms with van der Waals surface area (Å²) in [5.74, 6) is -0.254. The van der Waals surface area contributed by atoms with Crippen LogP contribution in [0.4, 0.5) is 5.69 Å². The van der Waals surface area contributed by atoms with Gasteiger partial charge in [-0.25, -0.2) is 4.79 Å². The SMILES string of the molecule is COC(=O)C1(Nc2ccc(Cl)c(Br)c2)CCCC(OC)C1. The molecule has 116 valence electrons. The molecule has 1 aliphatic rings. The third-order valence-electron chi connectivity index (χ3n) is 3.92. The van der Waals surface area contributed by atoms with E-state index in [2.05, 4.69) is 21.2 Å². The third-order valence-corrected chi connectivity index (χ3v) is 5.13. The van der Waals surface area contributed by atoms with Crippen LogP contribution in [-0.4, -0.2) is 31.8 Å². The first-order valence-corrected chi connectivity index (χ1v) is 8.02. The van der Waals surface area contributed by atoms with Gasteiger partial charge in [-0.15, -0.1) is 0 Å². The zero-order valence-corrected chi connectivity index (χ0v) is 14.5. The van der Waals surface area contributed by atoms with Crippen LogP contribution in [0.2, 0.25) is 5.02 Å². The van der Waals surface area contributed by atoms with E-state index in [-0.39, 0.29) is 12.1 Å². The number of esters is 1. The summed E-state index contributed by atoms with van der Waals surface area (Å²) >= 11 is 9.40. The Labute approximate surface area is 138 Å². The van der Waals surface area contributed by atoms with Crippen molar-refractivity contribution < 1.29 is 14.3 Å². The Morgan fingerprint density at radius 3 is 2.86 bits per heavy atom. The van der Waals surface area contributed by atoms with Gasteiger partial charge in [0.05, 0.1) is 18.2 Å². The lowest BCUT2D eigenvalue weighted by molar-refractivity contribution is -0.149. The van der Waals surface area contributed by atoms with Crippen molar-refractivity contribution in [1.29, 1.82) is 0 Å². The highest BCUT2D eigenvalue weighted by molar-refractivity contribution is 9.10. The van der Waals surface area contributed by atoms with Gasteiger partial charge in [0.25, 0.3) is 0 Å². The maximum Gasteiger partial charge on any atom is 0.331 e. The van der Waals surface area contributed by atoms with Crippen LogP contribution in [0.1, 0.15) is 25.7 Å². The second-order valence-electron chi connectivity index (χ2n) is 5.28. The minimum Gasteiger partial charge on any atom is -0.467 e. The fourth-order valence-corrected chi connectivity index (χ4v) is 3.32. The van der Waals surface area contributed by atoms with Gasteiger partial charge < -0.3 is 14.8 Å². The molecule has 2 atom stereocenters. The monoisotopic (exact) mass is 375 g/mol. The zero-order chi connectivity index (χ0) is 15.5. The van der Waals surface area contributed by atoms with Crippen LogP contribution >= 0.6 is 27.5 Å². The number of hydrogen-bond acceptors (Lipinski definition) is 4. The number of hydrogen-bond donors (Lipinski definition) is 1. The quantitative estimate of drug-likeness (QED) is 0.806. The van der Waals surface area contributed by atoms with E-state index in [1.165, 1.54) is 7.11 Å². The van der Waals surface area contributed by atoms with Gasteiger partial charge in [0.1, 0.15) is 5.54 Å². The average Bonchev–Trinajstić information content (AvgIpc) is 2.50. The fraction of sp³-hybridized carbons (Fsp3) is 0.533. The van der Waals surface area contributed by atoms with Crippen LogP contribution in [0.15, 0.2) is 22.7 Å². The van der Waals surface area contributed by atoms with E-state index in [0.717, 1.165) is 29.4 Å². The van der Waals surface area contributed by atoms with Crippen molar-refractivity contribution in [2.24, 2.45) is 0 Å². The maximum absolute atomic E-state index is 12.3. The molecular formula is C15H19BrClNO3. The lowest BCUT2D eigenvalue weighted by Crippen LogP contribution is -2.52. The van der Waals surface area contributed by atoms with Crippen LogP contribution in [0, 0.1) is 0 Å². The van der Waals surface area contributed by atoms with Gasteiger partial charge in [0.2, 0.25) is 0 Å². The van der Waals surface area contributed by atoms with Crippen LogP contribution in [-0.2, 0) is 14.3 Å². The Hall–Kier alpha value is -0.780. The minimum atomic E-state index is -0.749. The molecular weight excluding hydrogens is 358 g/mol. The molecule has 6 heteroatoms. The highest BCUT2D eigenvalue weighted by Crippen LogP contribution is 2.35. The van der Waals surface area contributed by atoms with E-state index >= 15 is 0 Å². The summed E-state index contributed by atoms with van der Waals surface area (Å²) < 4.78 is 11.2. The van der Waals surface area contributed by atoms with Crippen molar-refractivity contribution in [2.75, 3.05) is 19.5 Å². The topological polar surface area (TPSA) is 47.6 Å². The molecule has 0 amide bonds. The van der Waals surface area contributed by atoms with Crippen molar-refractivity contribution in [1.82, 2.24) is 0 Å². The fourth-order valence-electron chi connectivity index (χ4n) is 2.82. The molecule has 0 spiro atoms. The van der Waals surface area contributed by atoms with Gasteiger partial charge in [-0.2, -0.15) is 0 Å². The molecule has 0 aromatic heterocycles. The van der Waals surface area contributed by atoms with E-state index in [9.17, 15) is 4.79 Å². The molecule has 0 bridgehead atoms. The zero-order valence-electron chi connectivity index (χ0n) is 12.1. The first kappa shape index (κ1) is 16.6. The molecule has 2 unspecified atom stereocenters. The summed E-state index contributed by atoms with van der Waals surface area (Å²) in [5.41, 5.74) is 0.0782. The lowest BCUT2D eigenvalue weighted by Gasteiger charge is -2.39. The lowest BCUT2D eigenvalue weighted by atomic mass is 9.79. The first-order valence-electron chi connectivity index (χ1n) is 6.85. The van der Waals surface area contributed by atoms with Crippen molar-refractivity contribution in [3.05, 3.63) is 27.7 Å². The standard InChI is InChI=1S/C15H19BrClNO3/c1-20-11-4-3-7-15(9-11,14(19)21-2)18-10-5-6-13(17)12(16)8-10/h5-6,8,11,18H,3-4,7,9H2,1-2H3. The molecule has 0 radical (unpaired) electrons. The molecule has 1 aromatic rings. The number of anilines is 1. The summed E-state index contributed by atoms with van der Waals surface area (Å²) in [7, 11) is 3.09. The summed E-state index contributed by atoms with van der Waals surface area (Å²) in [6.45, 7) is 0. The number of carbonyl (C=O) groups excluding carboxylic acids is 1. The Morgan fingerprint density at radius 2 is 2.24 bits per heavy atom. The Bertz CT molecular complexity index is 526. The molecule has 0 heterocycles. The molecule has 21 heavy (non-hydrogen) atoms. The molecule has 0 saturated heterocycles. The number of halogens is 2. The van der Waals surface area contributed by atoms with Crippen molar-refractivity contribution in [3.63, 3.8) is 0 Å². The van der Waals surface area contributed by atoms with E-state index < -0.39 is 5.54 Å². The minimum absolute atomic E-state index is 0.0566. The molecule has 4 nitrogen and oxygen atoms in total. The van der Waals surface area contributed by atoms with Crippen LogP contribution in [0.25, 0.3) is 0 Å². The summed E-state index contributed by atoms with van der Waals surface area (Å²) in [6.07, 6.45) is 3.24. The van der Waals surface area contributed by atoms with Gasteiger partial charge in [-0.1, -0.05) is 11.6 Å². The summed E-state index contributed by atoms with van der Waals surface area (Å²) in [4.78, 5) is 12.3. The third kappa shape index (κ3) is 3.71. The Morgan fingerprint density at radius 1 is 1.48 bits per heavy atom. The molecule has 1 aromatic carbocycles. The number of rotatable bonds is 4. The maximum atomic E-state index is 12.3. The number of nitrogens with one attached hydrogen (secondary N) is 1. The van der Waals surface area contributed by atoms with Gasteiger partial charge in [0.15, 0.2) is 0 Å². The molecule has 1 N–H and O–H groups in total. The van der Waals surface area contributed by atoms with Crippen molar-refractivity contribution in [2.45, 2.75) is 37.3 Å². The second kappa shape index (κ2) is 6.99. The number of ether oxygens (including phenoxy) is 2. The van der Waals surface area contributed by atoms with Gasteiger partial charge in [-0.05, 0) is 53.4 Å². The molecule has 0 aliphatic heterocycles. The molecule has 1 fully saturated rings. The molecule has 1 aliphatic carbocycles. The van der Waals surface area contributed by atoms with E-state index in [1.807, 2.05) is 12.1 Å².